The van der Waals surface area contributed by atoms with Crippen molar-refractivity contribution in [1.29, 1.82) is 0 Å². The molecule has 5 rings (SSSR count). The van der Waals surface area contributed by atoms with Gasteiger partial charge in [-0.3, -0.25) is 4.79 Å². The highest BCUT2D eigenvalue weighted by Gasteiger charge is 2.68. The fourth-order valence-electron chi connectivity index (χ4n) is 6.68. The van der Waals surface area contributed by atoms with Crippen LogP contribution in [0.3, 0.4) is 0 Å². The number of anilines is 1. The number of carbonyl (C=O) groups excluding carboxylic acids is 1. The highest BCUT2D eigenvalue weighted by molar-refractivity contribution is 5.84. The Kier molecular flexibility index (Phi) is 3.12. The summed E-state index contributed by atoms with van der Waals surface area (Å²) in [6, 6.07) is 9.36. The molecule has 3 heterocycles. The first-order valence-corrected chi connectivity index (χ1v) is 9.77. The fourth-order valence-corrected chi connectivity index (χ4v) is 6.68. The van der Waals surface area contributed by atoms with Crippen molar-refractivity contribution in [3.8, 4) is 0 Å². The zero-order valence-corrected chi connectivity index (χ0v) is 15.2. The van der Waals surface area contributed by atoms with E-state index in [1.54, 1.807) is 0 Å². The van der Waals surface area contributed by atoms with Crippen LogP contribution in [-0.2, 0) is 10.2 Å². The normalized spacial score (nSPS) is 39.2. The summed E-state index contributed by atoms with van der Waals surface area (Å²) in [6.07, 6.45) is 6.96. The van der Waals surface area contributed by atoms with Crippen molar-refractivity contribution in [3.05, 3.63) is 52.7 Å². The van der Waals surface area contributed by atoms with Gasteiger partial charge in [0.15, 0.2) is 0 Å². The largest absolute Gasteiger partial charge is 0.357 e. The maximum atomic E-state index is 12.2. The van der Waals surface area contributed by atoms with Crippen LogP contribution in [0, 0.1) is 5.92 Å². The maximum Gasteiger partial charge on any atom is 0.148 e. The van der Waals surface area contributed by atoms with Gasteiger partial charge in [-0.15, -0.1) is 0 Å². The third-order valence-corrected chi connectivity index (χ3v) is 7.53. The number of piperidine rings is 1. The Balaban J connectivity index is 1.81. The van der Waals surface area contributed by atoms with Crippen LogP contribution in [-0.4, -0.2) is 36.4 Å². The summed E-state index contributed by atoms with van der Waals surface area (Å²) in [4.78, 5) is 12.2. The Morgan fingerprint density at radius 3 is 2.96 bits per heavy atom. The zero-order valence-electron chi connectivity index (χ0n) is 15.2. The van der Waals surface area contributed by atoms with Gasteiger partial charge < -0.3 is 9.80 Å². The van der Waals surface area contributed by atoms with Gasteiger partial charge >= 0.3 is 0 Å². The second-order valence-corrected chi connectivity index (χ2v) is 8.33. The second kappa shape index (κ2) is 5.07. The van der Waals surface area contributed by atoms with E-state index < -0.39 is 0 Å². The molecule has 2 saturated heterocycles. The lowest BCUT2D eigenvalue weighted by atomic mass is 9.61. The third kappa shape index (κ3) is 1.68. The standard InChI is InChI=1S/C22H26N2O/c1-3-10-24-11-9-22-18-7-5-6-8-19(18)23-21(22)17(14-25)16(12-20(22)24)15(4-2)13-24/h4-8,14,16,20H,3,9-13H2,1-2H3/p+1/b15-4+/t16-,20-,22+,24?/m1/s1. The Bertz CT molecular complexity index is 823. The number of quaternary nitrogens is 1. The van der Waals surface area contributed by atoms with Gasteiger partial charge in [0.1, 0.15) is 18.9 Å². The predicted molar refractivity (Wildman–Crippen MR) is 100 cm³/mol. The number of aldehydes is 1. The van der Waals surface area contributed by atoms with Crippen LogP contribution in [0.1, 0.15) is 38.7 Å². The molecule has 2 bridgehead atoms. The molecular weight excluding hydrogens is 308 g/mol. The molecule has 0 aromatic heterocycles. The van der Waals surface area contributed by atoms with Gasteiger partial charge in [-0.05, 0) is 30.5 Å². The van der Waals surface area contributed by atoms with Crippen LogP contribution in [0.15, 0.2) is 47.2 Å². The second-order valence-electron chi connectivity index (χ2n) is 8.33. The van der Waals surface area contributed by atoms with Crippen molar-refractivity contribution in [1.82, 2.24) is 0 Å². The number of hydrogen-bond donors (Lipinski definition) is 1. The summed E-state index contributed by atoms with van der Waals surface area (Å²) < 4.78 is 1.22. The lowest BCUT2D eigenvalue weighted by Crippen LogP contribution is -2.63. The molecule has 1 aliphatic carbocycles. The number of para-hydroxylation sites is 1. The smallest absolute Gasteiger partial charge is 0.148 e. The molecule has 4 atom stereocenters. The topological polar surface area (TPSA) is 29.1 Å². The Morgan fingerprint density at radius 1 is 1.36 bits per heavy atom. The molecule has 4 aliphatic rings. The van der Waals surface area contributed by atoms with Crippen LogP contribution in [0.25, 0.3) is 0 Å². The van der Waals surface area contributed by atoms with Crippen LogP contribution in [0.2, 0.25) is 0 Å². The van der Waals surface area contributed by atoms with Gasteiger partial charge in [0.25, 0.3) is 0 Å². The van der Waals surface area contributed by atoms with Gasteiger partial charge in [-0.25, -0.2) is 0 Å². The minimum absolute atomic E-state index is 0.0395. The van der Waals surface area contributed by atoms with Crippen LogP contribution >= 0.6 is 0 Å². The average Bonchev–Trinajstić information content (AvgIpc) is 3.16. The highest BCUT2D eigenvalue weighted by Crippen LogP contribution is 2.63. The summed E-state index contributed by atoms with van der Waals surface area (Å²) in [5, 5.41) is 3.70. The maximum absolute atomic E-state index is 12.2. The molecule has 2 fully saturated rings. The van der Waals surface area contributed by atoms with E-state index in [4.69, 9.17) is 0 Å². The van der Waals surface area contributed by atoms with E-state index in [-0.39, 0.29) is 5.41 Å². The van der Waals surface area contributed by atoms with Crippen LogP contribution in [0.5, 0.6) is 0 Å². The molecule has 130 valence electrons. The monoisotopic (exact) mass is 335 g/mol. The molecule has 0 radical (unpaired) electrons. The average molecular weight is 335 g/mol. The van der Waals surface area contributed by atoms with E-state index >= 15 is 0 Å². The molecule has 1 aromatic rings. The Morgan fingerprint density at radius 2 is 2.20 bits per heavy atom. The van der Waals surface area contributed by atoms with Crippen LogP contribution < -0.4 is 5.32 Å². The van der Waals surface area contributed by atoms with E-state index in [1.165, 1.54) is 46.5 Å². The Hall–Kier alpha value is -1.87. The van der Waals surface area contributed by atoms with Gasteiger partial charge in [0.05, 0.1) is 18.5 Å². The van der Waals surface area contributed by atoms with Crippen molar-refractivity contribution in [2.24, 2.45) is 5.92 Å². The third-order valence-electron chi connectivity index (χ3n) is 7.53. The molecule has 3 aliphatic heterocycles. The van der Waals surface area contributed by atoms with Crippen molar-refractivity contribution >= 4 is 12.0 Å². The Labute approximate surface area is 150 Å². The number of carbonyl (C=O) groups is 1. The van der Waals surface area contributed by atoms with E-state index in [0.717, 1.165) is 31.2 Å². The lowest BCUT2D eigenvalue weighted by Gasteiger charge is -2.53. The first-order chi connectivity index (χ1) is 12.2. The number of hydrogen-bond acceptors (Lipinski definition) is 2. The van der Waals surface area contributed by atoms with Crippen molar-refractivity contribution in [2.45, 2.75) is 44.6 Å². The zero-order chi connectivity index (χ0) is 17.2. The lowest BCUT2D eigenvalue weighted by molar-refractivity contribution is -0.941. The first kappa shape index (κ1) is 15.4. The number of rotatable bonds is 3. The van der Waals surface area contributed by atoms with E-state index in [2.05, 4.69) is 49.5 Å². The molecule has 25 heavy (non-hydrogen) atoms. The van der Waals surface area contributed by atoms with Crippen LogP contribution in [0.4, 0.5) is 5.69 Å². The van der Waals surface area contributed by atoms with E-state index in [9.17, 15) is 4.79 Å². The summed E-state index contributed by atoms with van der Waals surface area (Å²) in [5.74, 6) is 0.318. The van der Waals surface area contributed by atoms with Crippen molar-refractivity contribution in [2.75, 3.05) is 25.0 Å². The number of fused-ring (bicyclic) bond motifs is 2. The molecule has 0 saturated carbocycles. The number of allylic oxidation sites excluding steroid dienone is 2. The molecule has 1 aromatic carbocycles. The van der Waals surface area contributed by atoms with Gasteiger partial charge in [-0.2, -0.15) is 0 Å². The fraction of sp³-hybridized carbons (Fsp3) is 0.500. The van der Waals surface area contributed by atoms with E-state index in [0.29, 0.717) is 12.0 Å². The molecule has 1 spiro atoms. The summed E-state index contributed by atoms with van der Waals surface area (Å²) in [5.41, 5.74) is 6.44. The number of nitrogens with zero attached hydrogens (tertiary/aromatic N) is 1. The highest BCUT2D eigenvalue weighted by atomic mass is 16.1. The SMILES string of the molecule is C/C=C1\C[N+]2(CCC)CC[C@@]34C(=C(C=O)[C@@H]1C[C@H]32)Nc1ccccc14. The molecule has 0 amide bonds. The predicted octanol–water partition coefficient (Wildman–Crippen LogP) is 3.78. The number of benzene rings is 1. The quantitative estimate of drug-likeness (QED) is 0.517. The van der Waals surface area contributed by atoms with E-state index in [1.807, 2.05) is 0 Å². The first-order valence-electron chi connectivity index (χ1n) is 9.77. The molecule has 3 heteroatoms. The summed E-state index contributed by atoms with van der Waals surface area (Å²) >= 11 is 0. The molecule has 1 unspecified atom stereocenters. The minimum Gasteiger partial charge on any atom is -0.357 e. The molecular formula is C22H27N2O+. The molecule has 1 N–H and O–H groups in total. The summed E-state index contributed by atoms with van der Waals surface area (Å²) in [6.45, 7) is 8.08. The van der Waals surface area contributed by atoms with Gasteiger partial charge in [-0.1, -0.05) is 31.2 Å². The van der Waals surface area contributed by atoms with Gasteiger partial charge in [0.2, 0.25) is 0 Å². The molecule has 3 nitrogen and oxygen atoms in total. The van der Waals surface area contributed by atoms with Crippen molar-refractivity contribution < 1.29 is 9.28 Å². The van der Waals surface area contributed by atoms with Crippen molar-refractivity contribution in [3.63, 3.8) is 0 Å². The van der Waals surface area contributed by atoms with Gasteiger partial charge in [0, 0.05) is 35.7 Å². The minimum atomic E-state index is 0.0395. The number of nitrogens with one attached hydrogen (secondary N) is 1. The summed E-state index contributed by atoms with van der Waals surface area (Å²) in [7, 11) is 0.